The quantitative estimate of drug-likeness (QED) is 0.687. The van der Waals surface area contributed by atoms with E-state index in [2.05, 4.69) is 14.9 Å². The fourth-order valence-corrected chi connectivity index (χ4v) is 2.89. The molecule has 0 saturated heterocycles. The lowest BCUT2D eigenvalue weighted by molar-refractivity contribution is -0.384. The van der Waals surface area contributed by atoms with E-state index in [-0.39, 0.29) is 17.2 Å². The molecule has 0 saturated carbocycles. The van der Waals surface area contributed by atoms with Crippen molar-refractivity contribution in [3.05, 3.63) is 67.4 Å². The standard InChI is InChI=1S/C17H20N4O3/c1-11(2)16-18-15-7-8-20(10-14(15)17(22)19-16)9-12-3-5-13(6-4-12)21(23)24/h3-6,11H,7-10H2,1-2H3,(H,18,19,22). The Balaban J connectivity index is 1.75. The first-order valence-corrected chi connectivity index (χ1v) is 8.01. The van der Waals surface area contributed by atoms with Gasteiger partial charge in [-0.25, -0.2) is 4.98 Å². The van der Waals surface area contributed by atoms with E-state index >= 15 is 0 Å². The summed E-state index contributed by atoms with van der Waals surface area (Å²) >= 11 is 0. The number of nitrogens with zero attached hydrogens (tertiary/aromatic N) is 3. The molecule has 0 bridgehead atoms. The minimum atomic E-state index is -0.404. The second-order valence-electron chi connectivity index (χ2n) is 6.42. The molecule has 7 nitrogen and oxygen atoms in total. The summed E-state index contributed by atoms with van der Waals surface area (Å²) in [4.78, 5) is 32.2. The fraction of sp³-hybridized carbons (Fsp3) is 0.412. The summed E-state index contributed by atoms with van der Waals surface area (Å²) in [6.07, 6.45) is 0.742. The van der Waals surface area contributed by atoms with Gasteiger partial charge in [0.15, 0.2) is 0 Å². The Bertz CT molecular complexity index is 812. The zero-order valence-electron chi connectivity index (χ0n) is 13.8. The predicted octanol–water partition coefficient (Wildman–Crippen LogP) is 2.36. The lowest BCUT2D eigenvalue weighted by atomic mass is 10.0. The Labute approximate surface area is 139 Å². The molecule has 0 spiro atoms. The number of nitro groups is 1. The molecule has 1 aromatic heterocycles. The van der Waals surface area contributed by atoms with Crippen LogP contribution in [0, 0.1) is 10.1 Å². The van der Waals surface area contributed by atoms with Gasteiger partial charge in [-0.3, -0.25) is 19.8 Å². The molecule has 0 atom stereocenters. The van der Waals surface area contributed by atoms with Crippen molar-refractivity contribution < 1.29 is 4.92 Å². The highest BCUT2D eigenvalue weighted by atomic mass is 16.6. The van der Waals surface area contributed by atoms with Crippen molar-refractivity contribution in [3.63, 3.8) is 0 Å². The average molecular weight is 328 g/mol. The normalized spacial score (nSPS) is 14.6. The van der Waals surface area contributed by atoms with Crippen LogP contribution in [0.3, 0.4) is 0 Å². The molecule has 0 aliphatic carbocycles. The Kier molecular flexibility index (Phi) is 4.44. The summed E-state index contributed by atoms with van der Waals surface area (Å²) in [7, 11) is 0. The maximum absolute atomic E-state index is 12.3. The van der Waals surface area contributed by atoms with E-state index in [1.807, 2.05) is 13.8 Å². The number of aromatic amines is 1. The van der Waals surface area contributed by atoms with Crippen LogP contribution >= 0.6 is 0 Å². The molecule has 7 heteroatoms. The molecule has 1 aromatic carbocycles. The van der Waals surface area contributed by atoms with Crippen molar-refractivity contribution in [3.8, 4) is 0 Å². The van der Waals surface area contributed by atoms with Gasteiger partial charge in [0.05, 0.1) is 16.2 Å². The van der Waals surface area contributed by atoms with Gasteiger partial charge in [-0.15, -0.1) is 0 Å². The highest BCUT2D eigenvalue weighted by Gasteiger charge is 2.22. The number of H-pyrrole nitrogens is 1. The van der Waals surface area contributed by atoms with E-state index in [1.54, 1.807) is 12.1 Å². The molecule has 0 unspecified atom stereocenters. The minimum Gasteiger partial charge on any atom is -0.310 e. The summed E-state index contributed by atoms with van der Waals surface area (Å²) < 4.78 is 0. The monoisotopic (exact) mass is 328 g/mol. The van der Waals surface area contributed by atoms with Gasteiger partial charge >= 0.3 is 0 Å². The second kappa shape index (κ2) is 6.52. The van der Waals surface area contributed by atoms with Gasteiger partial charge in [-0.2, -0.15) is 0 Å². The molecule has 1 N–H and O–H groups in total. The zero-order valence-corrected chi connectivity index (χ0v) is 13.8. The van der Waals surface area contributed by atoms with Gasteiger partial charge in [0.1, 0.15) is 5.82 Å². The molecule has 3 rings (SSSR count). The largest absolute Gasteiger partial charge is 0.310 e. The predicted molar refractivity (Wildman–Crippen MR) is 89.9 cm³/mol. The van der Waals surface area contributed by atoms with Gasteiger partial charge < -0.3 is 4.98 Å². The van der Waals surface area contributed by atoms with Crippen LogP contribution in [0.15, 0.2) is 29.1 Å². The number of benzene rings is 1. The summed E-state index contributed by atoms with van der Waals surface area (Å²) in [5.74, 6) is 0.934. The van der Waals surface area contributed by atoms with Gasteiger partial charge in [-0.05, 0) is 5.56 Å². The molecule has 24 heavy (non-hydrogen) atoms. The average Bonchev–Trinajstić information content (AvgIpc) is 2.55. The highest BCUT2D eigenvalue weighted by Crippen LogP contribution is 2.19. The van der Waals surface area contributed by atoms with Crippen molar-refractivity contribution in [2.75, 3.05) is 6.54 Å². The molecule has 126 valence electrons. The van der Waals surface area contributed by atoms with E-state index in [1.165, 1.54) is 12.1 Å². The molecule has 0 amide bonds. The summed E-state index contributed by atoms with van der Waals surface area (Å²) in [6, 6.07) is 6.54. The van der Waals surface area contributed by atoms with Gasteiger partial charge in [0, 0.05) is 44.1 Å². The number of fused-ring (bicyclic) bond motifs is 1. The zero-order chi connectivity index (χ0) is 17.3. The summed E-state index contributed by atoms with van der Waals surface area (Å²) in [5, 5.41) is 10.7. The molecular formula is C17H20N4O3. The Morgan fingerprint density at radius 3 is 2.67 bits per heavy atom. The van der Waals surface area contributed by atoms with Gasteiger partial charge in [-0.1, -0.05) is 26.0 Å². The van der Waals surface area contributed by atoms with E-state index in [0.717, 1.165) is 35.6 Å². The highest BCUT2D eigenvalue weighted by molar-refractivity contribution is 5.33. The van der Waals surface area contributed by atoms with Crippen LogP contribution in [0.2, 0.25) is 0 Å². The SMILES string of the molecule is CC(C)c1nc2c(c(=O)[nH]1)CN(Cc1ccc([N+](=O)[O-])cc1)CC2. The summed E-state index contributed by atoms with van der Waals surface area (Å²) in [6.45, 7) is 6.04. The molecule has 1 aliphatic rings. The van der Waals surface area contributed by atoms with E-state index in [4.69, 9.17) is 0 Å². The second-order valence-corrected chi connectivity index (χ2v) is 6.42. The molecule has 2 aromatic rings. The van der Waals surface area contributed by atoms with Crippen molar-refractivity contribution in [2.45, 2.75) is 39.3 Å². The van der Waals surface area contributed by atoms with Gasteiger partial charge in [0.2, 0.25) is 0 Å². The van der Waals surface area contributed by atoms with E-state index in [0.29, 0.717) is 13.1 Å². The lowest BCUT2D eigenvalue weighted by Crippen LogP contribution is -2.35. The smallest absolute Gasteiger partial charge is 0.269 e. The van der Waals surface area contributed by atoms with E-state index in [9.17, 15) is 14.9 Å². The molecule has 2 heterocycles. The van der Waals surface area contributed by atoms with E-state index < -0.39 is 4.92 Å². The first kappa shape index (κ1) is 16.3. The van der Waals surface area contributed by atoms with Crippen molar-refractivity contribution in [1.82, 2.24) is 14.9 Å². The minimum absolute atomic E-state index is 0.0582. The number of aromatic nitrogens is 2. The molecule has 0 fully saturated rings. The van der Waals surface area contributed by atoms with Crippen LogP contribution in [0.25, 0.3) is 0 Å². The third-order valence-electron chi connectivity index (χ3n) is 4.27. The lowest BCUT2D eigenvalue weighted by Gasteiger charge is -2.28. The fourth-order valence-electron chi connectivity index (χ4n) is 2.89. The number of nitrogens with one attached hydrogen (secondary N) is 1. The topological polar surface area (TPSA) is 92.1 Å². The van der Waals surface area contributed by atoms with Crippen LogP contribution in [-0.2, 0) is 19.5 Å². The number of hydrogen-bond acceptors (Lipinski definition) is 5. The van der Waals surface area contributed by atoms with Crippen LogP contribution in [-0.4, -0.2) is 26.3 Å². The van der Waals surface area contributed by atoms with Crippen LogP contribution in [0.4, 0.5) is 5.69 Å². The third-order valence-corrected chi connectivity index (χ3v) is 4.27. The van der Waals surface area contributed by atoms with Crippen LogP contribution < -0.4 is 5.56 Å². The Morgan fingerprint density at radius 1 is 1.33 bits per heavy atom. The maximum atomic E-state index is 12.3. The first-order chi connectivity index (χ1) is 11.4. The van der Waals surface area contributed by atoms with Crippen molar-refractivity contribution in [1.29, 1.82) is 0 Å². The summed E-state index contributed by atoms with van der Waals surface area (Å²) in [5.41, 5.74) is 2.64. The van der Waals surface area contributed by atoms with Gasteiger partial charge in [0.25, 0.3) is 11.2 Å². The Hall–Kier alpha value is -2.54. The Morgan fingerprint density at radius 2 is 2.04 bits per heavy atom. The third kappa shape index (κ3) is 3.35. The molecule has 0 radical (unpaired) electrons. The van der Waals surface area contributed by atoms with Crippen LogP contribution in [0.5, 0.6) is 0 Å². The van der Waals surface area contributed by atoms with Crippen LogP contribution in [0.1, 0.15) is 42.4 Å². The van der Waals surface area contributed by atoms with Crippen molar-refractivity contribution >= 4 is 5.69 Å². The first-order valence-electron chi connectivity index (χ1n) is 8.01. The maximum Gasteiger partial charge on any atom is 0.269 e. The number of nitro benzene ring substituents is 1. The number of non-ortho nitro benzene ring substituents is 1. The number of hydrogen-bond donors (Lipinski definition) is 1. The molecule has 1 aliphatic heterocycles. The van der Waals surface area contributed by atoms with Crippen molar-refractivity contribution in [2.24, 2.45) is 0 Å². The number of rotatable bonds is 4. The molecular weight excluding hydrogens is 308 g/mol.